The summed E-state index contributed by atoms with van der Waals surface area (Å²) in [7, 11) is -3.07. The van der Waals surface area contributed by atoms with Crippen LogP contribution in [0.1, 0.15) is 73.1 Å². The zero-order chi connectivity index (χ0) is 15.8. The molecule has 3 nitrogen and oxygen atoms in total. The smallest absolute Gasteiger partial charge is 0.154 e. The van der Waals surface area contributed by atoms with Gasteiger partial charge in [0.2, 0.25) is 0 Å². The molecule has 0 spiro atoms. The highest BCUT2D eigenvalue weighted by molar-refractivity contribution is 7.92. The van der Waals surface area contributed by atoms with E-state index in [9.17, 15) is 8.42 Å². The molecule has 2 unspecified atom stereocenters. The fourth-order valence-corrected chi connectivity index (χ4v) is 3.20. The highest BCUT2D eigenvalue weighted by Crippen LogP contribution is 2.28. The zero-order valence-corrected chi connectivity index (χ0v) is 15.1. The molecule has 0 bridgehead atoms. The number of hydrogen-bond donors (Lipinski definition) is 1. The fraction of sp³-hybridized carbons (Fsp3) is 1.00. The molecule has 0 rings (SSSR count). The predicted octanol–water partition coefficient (Wildman–Crippen LogP) is 3.78. The lowest BCUT2D eigenvalue weighted by atomic mass is 9.87. The maximum Gasteiger partial charge on any atom is 0.154 e. The maximum atomic E-state index is 12.1. The Morgan fingerprint density at radius 1 is 1.10 bits per heavy atom. The summed E-state index contributed by atoms with van der Waals surface area (Å²) in [5.41, 5.74) is 0. The molecule has 0 saturated carbocycles. The van der Waals surface area contributed by atoms with E-state index in [-0.39, 0.29) is 6.04 Å². The SMILES string of the molecule is CCCCC(CC)CC(NCCC)C(C)(C)S(C)(=O)=O. The third-order valence-corrected chi connectivity index (χ3v) is 6.74. The van der Waals surface area contributed by atoms with Crippen molar-refractivity contribution in [2.24, 2.45) is 5.92 Å². The van der Waals surface area contributed by atoms with Gasteiger partial charge in [0.25, 0.3) is 0 Å². The van der Waals surface area contributed by atoms with Gasteiger partial charge in [-0.3, -0.25) is 0 Å². The largest absolute Gasteiger partial charge is 0.312 e. The van der Waals surface area contributed by atoms with Crippen LogP contribution in [-0.2, 0) is 9.84 Å². The van der Waals surface area contributed by atoms with E-state index in [0.29, 0.717) is 5.92 Å². The molecule has 0 fully saturated rings. The van der Waals surface area contributed by atoms with Crippen LogP contribution in [-0.4, -0.2) is 32.0 Å². The predicted molar refractivity (Wildman–Crippen MR) is 88.9 cm³/mol. The van der Waals surface area contributed by atoms with Crippen LogP contribution in [0.3, 0.4) is 0 Å². The number of unbranched alkanes of at least 4 members (excludes halogenated alkanes) is 1. The van der Waals surface area contributed by atoms with E-state index in [1.54, 1.807) is 0 Å². The average molecular weight is 306 g/mol. The van der Waals surface area contributed by atoms with E-state index in [4.69, 9.17) is 0 Å². The van der Waals surface area contributed by atoms with Crippen molar-refractivity contribution < 1.29 is 8.42 Å². The molecule has 0 aliphatic rings. The number of hydrogen-bond acceptors (Lipinski definition) is 3. The second-order valence-electron chi connectivity index (χ2n) is 6.53. The molecular weight excluding hydrogens is 270 g/mol. The quantitative estimate of drug-likeness (QED) is 0.632. The molecule has 0 aromatic carbocycles. The van der Waals surface area contributed by atoms with Crippen molar-refractivity contribution in [2.75, 3.05) is 12.8 Å². The van der Waals surface area contributed by atoms with Crippen molar-refractivity contribution >= 4 is 9.84 Å². The Balaban J connectivity index is 4.95. The van der Waals surface area contributed by atoms with E-state index in [2.05, 4.69) is 26.1 Å². The van der Waals surface area contributed by atoms with Crippen molar-refractivity contribution in [2.45, 2.75) is 83.9 Å². The first-order valence-corrected chi connectivity index (χ1v) is 10.0. The summed E-state index contributed by atoms with van der Waals surface area (Å²) in [5, 5.41) is 3.48. The van der Waals surface area contributed by atoms with E-state index < -0.39 is 14.6 Å². The Hall–Kier alpha value is -0.0900. The third-order valence-electron chi connectivity index (χ3n) is 4.55. The van der Waals surface area contributed by atoms with Gasteiger partial charge in [-0.1, -0.05) is 46.5 Å². The summed E-state index contributed by atoms with van der Waals surface area (Å²) < 4.78 is 23.5. The number of nitrogens with one attached hydrogen (secondary N) is 1. The van der Waals surface area contributed by atoms with Crippen molar-refractivity contribution in [3.63, 3.8) is 0 Å². The zero-order valence-electron chi connectivity index (χ0n) is 14.3. The summed E-state index contributed by atoms with van der Waals surface area (Å²) >= 11 is 0. The summed E-state index contributed by atoms with van der Waals surface area (Å²) in [6.45, 7) is 11.1. The Kier molecular flexibility index (Phi) is 8.99. The molecule has 20 heavy (non-hydrogen) atoms. The molecule has 1 N–H and O–H groups in total. The van der Waals surface area contributed by atoms with Crippen molar-refractivity contribution in [1.29, 1.82) is 0 Å². The average Bonchev–Trinajstić information content (AvgIpc) is 2.36. The molecule has 122 valence electrons. The van der Waals surface area contributed by atoms with E-state index >= 15 is 0 Å². The summed E-state index contributed by atoms with van der Waals surface area (Å²) in [5.74, 6) is 0.616. The second kappa shape index (κ2) is 9.04. The van der Waals surface area contributed by atoms with Crippen LogP contribution in [0.2, 0.25) is 0 Å². The van der Waals surface area contributed by atoms with Gasteiger partial charge in [-0.15, -0.1) is 0 Å². The minimum absolute atomic E-state index is 0.0410. The van der Waals surface area contributed by atoms with Gasteiger partial charge in [0.1, 0.15) is 0 Å². The fourth-order valence-electron chi connectivity index (χ4n) is 2.50. The van der Waals surface area contributed by atoms with Crippen molar-refractivity contribution in [3.8, 4) is 0 Å². The molecule has 4 heteroatoms. The van der Waals surface area contributed by atoms with Crippen LogP contribution in [0, 0.1) is 5.92 Å². The van der Waals surface area contributed by atoms with Gasteiger partial charge in [-0.25, -0.2) is 8.42 Å². The summed E-state index contributed by atoms with van der Waals surface area (Å²) in [6.07, 6.45) is 8.12. The van der Waals surface area contributed by atoms with Gasteiger partial charge in [-0.05, 0) is 39.2 Å². The number of sulfone groups is 1. The first-order chi connectivity index (χ1) is 9.20. The van der Waals surface area contributed by atoms with E-state index in [1.807, 2.05) is 13.8 Å². The lowest BCUT2D eigenvalue weighted by molar-refractivity contribution is 0.308. The van der Waals surface area contributed by atoms with Crippen LogP contribution in [0.15, 0.2) is 0 Å². The van der Waals surface area contributed by atoms with Gasteiger partial charge >= 0.3 is 0 Å². The Bertz CT molecular complexity index is 349. The maximum absolute atomic E-state index is 12.1. The Morgan fingerprint density at radius 3 is 2.10 bits per heavy atom. The van der Waals surface area contributed by atoms with Gasteiger partial charge in [0, 0.05) is 12.3 Å². The highest BCUT2D eigenvalue weighted by atomic mass is 32.2. The topological polar surface area (TPSA) is 46.2 Å². The second-order valence-corrected chi connectivity index (χ2v) is 9.13. The molecule has 0 aromatic heterocycles. The lowest BCUT2D eigenvalue weighted by Gasteiger charge is -2.36. The normalized spacial score (nSPS) is 16.1. The van der Waals surface area contributed by atoms with Crippen molar-refractivity contribution in [3.05, 3.63) is 0 Å². The van der Waals surface area contributed by atoms with Gasteiger partial charge in [0.05, 0.1) is 4.75 Å². The first kappa shape index (κ1) is 19.9. The first-order valence-electron chi connectivity index (χ1n) is 8.13. The monoisotopic (exact) mass is 305 g/mol. The van der Waals surface area contributed by atoms with Crippen LogP contribution in [0.5, 0.6) is 0 Å². The van der Waals surface area contributed by atoms with E-state index in [0.717, 1.165) is 25.8 Å². The molecule has 0 aliphatic carbocycles. The van der Waals surface area contributed by atoms with Crippen LogP contribution in [0.25, 0.3) is 0 Å². The molecule has 0 saturated heterocycles. The highest BCUT2D eigenvalue weighted by Gasteiger charge is 2.39. The molecule has 0 aromatic rings. The van der Waals surface area contributed by atoms with Gasteiger partial charge < -0.3 is 5.32 Å². The molecular formula is C16H35NO2S. The van der Waals surface area contributed by atoms with Crippen LogP contribution < -0.4 is 5.32 Å². The minimum Gasteiger partial charge on any atom is -0.312 e. The molecule has 0 amide bonds. The van der Waals surface area contributed by atoms with Crippen molar-refractivity contribution in [1.82, 2.24) is 5.32 Å². The third kappa shape index (κ3) is 6.13. The summed E-state index contributed by atoms with van der Waals surface area (Å²) in [4.78, 5) is 0. The van der Waals surface area contributed by atoms with Crippen LogP contribution in [0.4, 0.5) is 0 Å². The molecule has 0 heterocycles. The molecule has 0 aliphatic heterocycles. The van der Waals surface area contributed by atoms with E-state index in [1.165, 1.54) is 25.5 Å². The lowest BCUT2D eigenvalue weighted by Crippen LogP contribution is -2.52. The Morgan fingerprint density at radius 2 is 1.70 bits per heavy atom. The standard InChI is InChI=1S/C16H35NO2S/c1-7-10-11-14(9-3)13-15(17-12-8-2)16(4,5)20(6,18)19/h14-15,17H,7-13H2,1-6H3. The summed E-state index contributed by atoms with van der Waals surface area (Å²) in [6, 6.07) is 0.0410. The van der Waals surface area contributed by atoms with Gasteiger partial charge in [0.15, 0.2) is 9.84 Å². The Labute approximate surface area is 126 Å². The minimum atomic E-state index is -3.07. The molecule has 2 atom stereocenters. The van der Waals surface area contributed by atoms with Gasteiger partial charge in [-0.2, -0.15) is 0 Å². The van der Waals surface area contributed by atoms with Crippen LogP contribution >= 0.6 is 0 Å². The molecule has 0 radical (unpaired) electrons. The number of rotatable bonds is 11.